The summed E-state index contributed by atoms with van der Waals surface area (Å²) < 4.78 is 11.4. The number of benzene rings is 2. The van der Waals surface area contributed by atoms with E-state index in [1.165, 1.54) is 5.56 Å². The van der Waals surface area contributed by atoms with Gasteiger partial charge in [0.15, 0.2) is 0 Å². The first-order valence-corrected chi connectivity index (χ1v) is 9.56. The third kappa shape index (κ3) is 5.16. The quantitative estimate of drug-likeness (QED) is 0.829. The molecule has 0 saturated heterocycles. The molecular weight excluding hydrogens is 354 g/mol. The van der Waals surface area contributed by atoms with Crippen molar-refractivity contribution >= 4 is 17.5 Å². The first kappa shape index (κ1) is 20.0. The molecule has 0 aliphatic carbocycles. The largest absolute Gasteiger partial charge is 0.485 e. The lowest BCUT2D eigenvalue weighted by molar-refractivity contribution is 0.0636. The van der Waals surface area contributed by atoms with Gasteiger partial charge in [0, 0.05) is 18.3 Å². The molecule has 150 valence electrons. The summed E-state index contributed by atoms with van der Waals surface area (Å²) in [4.78, 5) is 14.4. The number of nitrogens with zero attached hydrogens (tertiary/aromatic N) is 1. The Balaban J connectivity index is 1.85. The van der Waals surface area contributed by atoms with Crippen LogP contribution < -0.4 is 20.7 Å². The summed E-state index contributed by atoms with van der Waals surface area (Å²) in [5.74, 6) is 0.763. The van der Waals surface area contributed by atoms with E-state index in [0.29, 0.717) is 12.2 Å². The van der Waals surface area contributed by atoms with Crippen LogP contribution in [0.3, 0.4) is 0 Å². The van der Waals surface area contributed by atoms with E-state index in [4.69, 9.17) is 15.2 Å². The predicted molar refractivity (Wildman–Crippen MR) is 112 cm³/mol. The van der Waals surface area contributed by atoms with E-state index in [9.17, 15) is 4.79 Å². The molecule has 0 fully saturated rings. The van der Waals surface area contributed by atoms with Crippen molar-refractivity contribution < 1.29 is 14.3 Å². The maximum atomic E-state index is 12.1. The summed E-state index contributed by atoms with van der Waals surface area (Å²) >= 11 is 0. The molecule has 3 N–H and O–H groups in total. The lowest BCUT2D eigenvalue weighted by Gasteiger charge is -2.38. The number of carbonyl (C=O) groups excluding carboxylic acids is 1. The molecular formula is C22H29N3O3. The molecule has 0 saturated carbocycles. The number of amides is 1. The predicted octanol–water partition coefficient (Wildman–Crippen LogP) is 4.15. The highest BCUT2D eigenvalue weighted by molar-refractivity contribution is 5.86. The summed E-state index contributed by atoms with van der Waals surface area (Å²) in [5.41, 5.74) is 8.34. The van der Waals surface area contributed by atoms with E-state index in [0.717, 1.165) is 18.0 Å². The molecule has 6 heteroatoms. The number of ether oxygens (including phenoxy) is 2. The second-order valence-corrected chi connectivity index (χ2v) is 8.19. The molecule has 2 aromatic carbocycles. The van der Waals surface area contributed by atoms with Crippen molar-refractivity contribution in [3.63, 3.8) is 0 Å². The number of carbonyl (C=O) groups is 1. The van der Waals surface area contributed by atoms with E-state index in [-0.39, 0.29) is 12.1 Å². The summed E-state index contributed by atoms with van der Waals surface area (Å²) in [5, 5.41) is 2.80. The van der Waals surface area contributed by atoms with Gasteiger partial charge < -0.3 is 20.1 Å². The van der Waals surface area contributed by atoms with Crippen molar-refractivity contribution in [3.8, 4) is 5.75 Å². The summed E-state index contributed by atoms with van der Waals surface area (Å²) in [6.07, 6.45) is -0.576. The van der Waals surface area contributed by atoms with E-state index in [1.54, 1.807) is 0 Å². The van der Waals surface area contributed by atoms with E-state index in [1.807, 2.05) is 64.1 Å². The fourth-order valence-electron chi connectivity index (χ4n) is 3.11. The van der Waals surface area contributed by atoms with Crippen molar-refractivity contribution in [2.75, 3.05) is 16.8 Å². The molecule has 0 aromatic heterocycles. The summed E-state index contributed by atoms with van der Waals surface area (Å²) in [6.45, 7) is 8.87. The summed E-state index contributed by atoms with van der Waals surface area (Å²) in [6, 6.07) is 15.8. The van der Waals surface area contributed by atoms with Crippen molar-refractivity contribution in [1.29, 1.82) is 0 Å². The fraction of sp³-hybridized carbons (Fsp3) is 0.409. The summed E-state index contributed by atoms with van der Waals surface area (Å²) in [7, 11) is 0. The van der Waals surface area contributed by atoms with Crippen molar-refractivity contribution in [3.05, 3.63) is 54.1 Å². The molecule has 1 amide bonds. The average Bonchev–Trinajstić information content (AvgIpc) is 2.61. The standard InChI is InChI=1S/C22H29N3O3/c1-15(23)20-14-25(13-16-8-6-5-7-9-16)18-12-17(10-11-19(18)27-20)24-21(26)28-22(2,3)4/h5-12,15,20H,13-14,23H2,1-4H3,(H,24,26)/t15-,20+/m0/s1. The number of hydrogen-bond acceptors (Lipinski definition) is 5. The molecule has 0 radical (unpaired) electrons. The van der Waals surface area contributed by atoms with Crippen molar-refractivity contribution in [2.24, 2.45) is 5.73 Å². The highest BCUT2D eigenvalue weighted by atomic mass is 16.6. The smallest absolute Gasteiger partial charge is 0.412 e. The third-order valence-electron chi connectivity index (χ3n) is 4.43. The Labute approximate surface area is 166 Å². The van der Waals surface area contributed by atoms with Crippen LogP contribution in [0.4, 0.5) is 16.2 Å². The molecule has 0 unspecified atom stereocenters. The normalized spacial score (nSPS) is 17.3. The molecule has 0 spiro atoms. The average molecular weight is 383 g/mol. The number of nitrogens with one attached hydrogen (secondary N) is 1. The molecule has 1 heterocycles. The molecule has 0 bridgehead atoms. The van der Waals surface area contributed by atoms with Crippen molar-refractivity contribution in [2.45, 2.75) is 52.0 Å². The zero-order valence-electron chi connectivity index (χ0n) is 16.9. The van der Waals surface area contributed by atoms with Gasteiger partial charge in [0.1, 0.15) is 17.5 Å². The zero-order chi connectivity index (χ0) is 20.3. The minimum Gasteiger partial charge on any atom is -0.485 e. The van der Waals surface area contributed by atoms with Gasteiger partial charge in [-0.05, 0) is 51.5 Å². The van der Waals surface area contributed by atoms with Crippen molar-refractivity contribution in [1.82, 2.24) is 0 Å². The fourth-order valence-corrected chi connectivity index (χ4v) is 3.11. The Kier molecular flexibility index (Phi) is 5.79. The molecule has 2 aromatic rings. The van der Waals surface area contributed by atoms with Gasteiger partial charge in [0.25, 0.3) is 0 Å². The van der Waals surface area contributed by atoms with E-state index in [2.05, 4.69) is 22.3 Å². The van der Waals surface area contributed by atoms with Crippen LogP contribution in [0.5, 0.6) is 5.75 Å². The van der Waals surface area contributed by atoms with Gasteiger partial charge in [-0.25, -0.2) is 4.79 Å². The lowest BCUT2D eigenvalue weighted by Crippen LogP contribution is -2.48. The monoisotopic (exact) mass is 383 g/mol. The van der Waals surface area contributed by atoms with Gasteiger partial charge in [-0.15, -0.1) is 0 Å². The minimum atomic E-state index is -0.550. The Hall–Kier alpha value is -2.73. The second kappa shape index (κ2) is 8.10. The van der Waals surface area contributed by atoms with Gasteiger partial charge in [-0.3, -0.25) is 5.32 Å². The third-order valence-corrected chi connectivity index (χ3v) is 4.43. The molecule has 2 atom stereocenters. The topological polar surface area (TPSA) is 76.8 Å². The Morgan fingerprint density at radius 3 is 2.64 bits per heavy atom. The molecule has 1 aliphatic heterocycles. The number of nitrogens with two attached hydrogens (primary N) is 1. The Morgan fingerprint density at radius 2 is 2.00 bits per heavy atom. The van der Waals surface area contributed by atoms with Gasteiger partial charge in [0.05, 0.1) is 12.2 Å². The first-order chi connectivity index (χ1) is 13.2. The van der Waals surface area contributed by atoms with Crippen LogP contribution in [0.25, 0.3) is 0 Å². The van der Waals surface area contributed by atoms with Crippen LogP contribution in [0, 0.1) is 0 Å². The Bertz CT molecular complexity index is 816. The maximum absolute atomic E-state index is 12.1. The second-order valence-electron chi connectivity index (χ2n) is 8.19. The van der Waals surface area contributed by atoms with Gasteiger partial charge >= 0.3 is 6.09 Å². The molecule has 1 aliphatic rings. The number of fused-ring (bicyclic) bond motifs is 1. The Morgan fingerprint density at radius 1 is 1.29 bits per heavy atom. The van der Waals surface area contributed by atoms with Gasteiger partial charge in [-0.2, -0.15) is 0 Å². The van der Waals surface area contributed by atoms with E-state index < -0.39 is 11.7 Å². The van der Waals surface area contributed by atoms with Crippen LogP contribution >= 0.6 is 0 Å². The number of anilines is 2. The minimum absolute atomic E-state index is 0.0917. The zero-order valence-corrected chi connectivity index (χ0v) is 16.9. The van der Waals surface area contributed by atoms with E-state index >= 15 is 0 Å². The van der Waals surface area contributed by atoms with Gasteiger partial charge in [0.2, 0.25) is 0 Å². The number of rotatable bonds is 4. The van der Waals surface area contributed by atoms with Crippen LogP contribution in [0.2, 0.25) is 0 Å². The highest BCUT2D eigenvalue weighted by Gasteiger charge is 2.28. The molecule has 3 rings (SSSR count). The highest BCUT2D eigenvalue weighted by Crippen LogP contribution is 2.37. The first-order valence-electron chi connectivity index (χ1n) is 9.56. The number of hydrogen-bond donors (Lipinski definition) is 2. The van der Waals surface area contributed by atoms with Gasteiger partial charge in [-0.1, -0.05) is 30.3 Å². The maximum Gasteiger partial charge on any atom is 0.412 e. The molecule has 28 heavy (non-hydrogen) atoms. The SMILES string of the molecule is C[C@H](N)[C@H]1CN(Cc2ccccc2)c2cc(NC(=O)OC(C)(C)C)ccc2O1. The van der Waals surface area contributed by atoms with Crippen LogP contribution in [0.1, 0.15) is 33.3 Å². The van der Waals surface area contributed by atoms with Crippen LogP contribution in [-0.2, 0) is 11.3 Å². The van der Waals surface area contributed by atoms with Crippen LogP contribution in [-0.4, -0.2) is 30.4 Å². The van der Waals surface area contributed by atoms with Crippen LogP contribution in [0.15, 0.2) is 48.5 Å². The molecule has 6 nitrogen and oxygen atoms in total. The lowest BCUT2D eigenvalue weighted by atomic mass is 10.1.